The van der Waals surface area contributed by atoms with Gasteiger partial charge >= 0.3 is 6.09 Å². The Morgan fingerprint density at radius 3 is 2.32 bits per heavy atom. The summed E-state index contributed by atoms with van der Waals surface area (Å²) in [6, 6.07) is 0. The number of piperidine rings is 1. The maximum absolute atomic E-state index is 12.3. The highest BCUT2D eigenvalue weighted by atomic mass is 32.2. The van der Waals surface area contributed by atoms with Crippen molar-refractivity contribution < 1.29 is 17.9 Å². The molecule has 28 heavy (non-hydrogen) atoms. The molecule has 8 nitrogen and oxygen atoms in total. The molecular weight excluding hydrogens is 380 g/mol. The van der Waals surface area contributed by atoms with Gasteiger partial charge in [-0.15, -0.1) is 0 Å². The smallest absolute Gasteiger partial charge is 0.410 e. The first-order chi connectivity index (χ1) is 13.0. The van der Waals surface area contributed by atoms with E-state index in [0.717, 1.165) is 31.9 Å². The van der Waals surface area contributed by atoms with Crippen LogP contribution in [0.25, 0.3) is 0 Å². The van der Waals surface area contributed by atoms with Gasteiger partial charge in [0.05, 0.1) is 5.75 Å². The van der Waals surface area contributed by atoms with Crippen LogP contribution in [0.15, 0.2) is 4.99 Å². The second-order valence-electron chi connectivity index (χ2n) is 8.16. The normalized spacial score (nSPS) is 16.8. The lowest BCUT2D eigenvalue weighted by atomic mass is 9.96. The molecule has 164 valence electrons. The van der Waals surface area contributed by atoms with Crippen LogP contribution in [0, 0.1) is 5.92 Å². The lowest BCUT2D eigenvalue weighted by Gasteiger charge is -2.36. The summed E-state index contributed by atoms with van der Waals surface area (Å²) in [4.78, 5) is 20.5. The van der Waals surface area contributed by atoms with Crippen LogP contribution in [-0.4, -0.2) is 87.1 Å². The van der Waals surface area contributed by atoms with Gasteiger partial charge in [-0.05, 0) is 46.5 Å². The largest absolute Gasteiger partial charge is 0.444 e. The zero-order valence-corrected chi connectivity index (χ0v) is 19.1. The Bertz CT molecular complexity index is 620. The lowest BCUT2D eigenvalue weighted by molar-refractivity contribution is 0.0214. The number of hydrogen-bond acceptors (Lipinski definition) is 5. The highest BCUT2D eigenvalue weighted by molar-refractivity contribution is 7.91. The molecule has 0 unspecified atom stereocenters. The summed E-state index contributed by atoms with van der Waals surface area (Å²) in [5.41, 5.74) is -0.489. The third kappa shape index (κ3) is 8.67. The van der Waals surface area contributed by atoms with Crippen molar-refractivity contribution in [2.75, 3.05) is 51.3 Å². The van der Waals surface area contributed by atoms with Crippen molar-refractivity contribution in [1.29, 1.82) is 0 Å². The Kier molecular flexibility index (Phi) is 9.53. The third-order valence-corrected chi connectivity index (χ3v) is 6.48. The molecule has 0 aromatic rings. The highest BCUT2D eigenvalue weighted by Gasteiger charge is 2.27. The Morgan fingerprint density at radius 2 is 1.86 bits per heavy atom. The fraction of sp³-hybridized carbons (Fsp3) is 0.895. The second kappa shape index (κ2) is 10.9. The Labute approximate surface area is 170 Å². The Morgan fingerprint density at radius 1 is 1.25 bits per heavy atom. The number of nitrogens with one attached hydrogen (secondary N) is 1. The number of nitrogens with zero attached hydrogens (tertiary/aromatic N) is 3. The number of guanidine groups is 1. The molecule has 0 atom stereocenters. The fourth-order valence-corrected chi connectivity index (χ4v) is 3.79. The van der Waals surface area contributed by atoms with Crippen LogP contribution >= 0.6 is 0 Å². The van der Waals surface area contributed by atoms with E-state index in [1.807, 2.05) is 27.7 Å². The van der Waals surface area contributed by atoms with Gasteiger partial charge in [-0.2, -0.15) is 0 Å². The minimum atomic E-state index is -2.99. The van der Waals surface area contributed by atoms with Gasteiger partial charge in [0.1, 0.15) is 5.60 Å². The molecule has 1 fully saturated rings. The first-order valence-electron chi connectivity index (χ1n) is 10.1. The summed E-state index contributed by atoms with van der Waals surface area (Å²) < 4.78 is 28.7. The molecule has 0 aliphatic carbocycles. The SMILES string of the molecule is CCN(CC1CCN(C(=NC)NCCS(=O)(=O)CC)CC1)C(=O)OC(C)(C)C. The summed E-state index contributed by atoms with van der Waals surface area (Å²) in [5.74, 6) is 1.43. The average Bonchev–Trinajstić information content (AvgIpc) is 2.62. The summed E-state index contributed by atoms with van der Waals surface area (Å²) in [5, 5.41) is 3.15. The van der Waals surface area contributed by atoms with E-state index in [-0.39, 0.29) is 17.6 Å². The zero-order chi connectivity index (χ0) is 21.4. The van der Waals surface area contributed by atoms with Crippen LogP contribution in [0.4, 0.5) is 4.79 Å². The van der Waals surface area contributed by atoms with E-state index in [1.165, 1.54) is 0 Å². The molecule has 1 heterocycles. The third-order valence-electron chi connectivity index (χ3n) is 4.77. The van der Waals surface area contributed by atoms with Crippen LogP contribution < -0.4 is 5.32 Å². The highest BCUT2D eigenvalue weighted by Crippen LogP contribution is 2.20. The van der Waals surface area contributed by atoms with Crippen LogP contribution in [0.3, 0.4) is 0 Å². The van der Waals surface area contributed by atoms with Crippen LogP contribution in [0.2, 0.25) is 0 Å². The Balaban J connectivity index is 2.49. The predicted molar refractivity (Wildman–Crippen MR) is 113 cm³/mol. The van der Waals surface area contributed by atoms with Gasteiger partial charge in [0.2, 0.25) is 0 Å². The molecule has 1 amide bonds. The lowest BCUT2D eigenvalue weighted by Crippen LogP contribution is -2.48. The zero-order valence-electron chi connectivity index (χ0n) is 18.3. The molecule has 0 saturated carbocycles. The van der Waals surface area contributed by atoms with Crippen molar-refractivity contribution in [2.24, 2.45) is 10.9 Å². The van der Waals surface area contributed by atoms with Crippen molar-refractivity contribution in [1.82, 2.24) is 15.1 Å². The number of ether oxygens (including phenoxy) is 1. The van der Waals surface area contributed by atoms with Gasteiger partial charge in [0.15, 0.2) is 15.8 Å². The van der Waals surface area contributed by atoms with Gasteiger partial charge in [-0.1, -0.05) is 6.92 Å². The number of amides is 1. The van der Waals surface area contributed by atoms with E-state index in [4.69, 9.17) is 4.74 Å². The maximum Gasteiger partial charge on any atom is 0.410 e. The molecule has 1 N–H and O–H groups in total. The molecule has 0 bridgehead atoms. The average molecular weight is 419 g/mol. The van der Waals surface area contributed by atoms with E-state index in [9.17, 15) is 13.2 Å². The molecule has 0 aromatic heterocycles. The predicted octanol–water partition coefficient (Wildman–Crippen LogP) is 1.97. The van der Waals surface area contributed by atoms with Crippen molar-refractivity contribution in [2.45, 2.75) is 53.1 Å². The van der Waals surface area contributed by atoms with Crippen molar-refractivity contribution >= 4 is 21.9 Å². The molecule has 1 aliphatic heterocycles. The van der Waals surface area contributed by atoms with Crippen LogP contribution in [0.5, 0.6) is 0 Å². The molecule has 0 radical (unpaired) electrons. The summed E-state index contributed by atoms with van der Waals surface area (Å²) in [6.07, 6.45) is 1.65. The van der Waals surface area contributed by atoms with E-state index in [2.05, 4.69) is 15.2 Å². The van der Waals surface area contributed by atoms with Crippen molar-refractivity contribution in [3.05, 3.63) is 0 Å². The molecule has 1 rings (SSSR count). The number of carbonyl (C=O) groups excluding carboxylic acids is 1. The molecular formula is C19H38N4O4S. The second-order valence-corrected chi connectivity index (χ2v) is 10.6. The first-order valence-corrected chi connectivity index (χ1v) is 12.0. The number of sulfone groups is 1. The number of carbonyl (C=O) groups is 1. The standard InChI is InChI=1S/C19H38N4O4S/c1-7-22(18(24)27-19(3,4)5)15-16-9-12-23(13-10-16)17(20-6)21-11-14-28(25,26)8-2/h16H,7-15H2,1-6H3,(H,20,21). The van der Waals surface area contributed by atoms with Gasteiger partial charge in [-0.3, -0.25) is 4.99 Å². The molecule has 0 spiro atoms. The number of aliphatic imine (C=N–C) groups is 1. The quantitative estimate of drug-likeness (QED) is 0.502. The summed E-state index contributed by atoms with van der Waals surface area (Å²) in [6.45, 7) is 12.6. The molecule has 1 aliphatic rings. The number of likely N-dealkylation sites (tertiary alicyclic amines) is 1. The van der Waals surface area contributed by atoms with E-state index in [1.54, 1.807) is 18.9 Å². The van der Waals surface area contributed by atoms with E-state index < -0.39 is 15.4 Å². The topological polar surface area (TPSA) is 91.3 Å². The Hall–Kier alpha value is -1.51. The maximum atomic E-state index is 12.3. The monoisotopic (exact) mass is 418 g/mol. The van der Waals surface area contributed by atoms with Crippen molar-refractivity contribution in [3.8, 4) is 0 Å². The summed E-state index contributed by atoms with van der Waals surface area (Å²) in [7, 11) is -1.27. The van der Waals surface area contributed by atoms with E-state index >= 15 is 0 Å². The summed E-state index contributed by atoms with van der Waals surface area (Å²) >= 11 is 0. The van der Waals surface area contributed by atoms with E-state index in [0.29, 0.717) is 25.6 Å². The van der Waals surface area contributed by atoms with Crippen LogP contribution in [0.1, 0.15) is 47.5 Å². The van der Waals surface area contributed by atoms with Gasteiger partial charge in [0, 0.05) is 45.5 Å². The fourth-order valence-electron chi connectivity index (χ4n) is 3.09. The molecule has 0 aromatic carbocycles. The minimum Gasteiger partial charge on any atom is -0.444 e. The first kappa shape index (κ1) is 24.5. The van der Waals surface area contributed by atoms with Crippen LogP contribution in [-0.2, 0) is 14.6 Å². The van der Waals surface area contributed by atoms with Gasteiger partial charge in [0.25, 0.3) is 0 Å². The van der Waals surface area contributed by atoms with Gasteiger partial charge in [-0.25, -0.2) is 13.2 Å². The number of hydrogen-bond donors (Lipinski definition) is 1. The number of rotatable bonds is 7. The minimum absolute atomic E-state index is 0.111. The van der Waals surface area contributed by atoms with Gasteiger partial charge < -0.3 is 19.9 Å². The molecule has 9 heteroatoms. The molecule has 1 saturated heterocycles. The van der Waals surface area contributed by atoms with Crippen molar-refractivity contribution in [3.63, 3.8) is 0 Å².